The highest BCUT2D eigenvalue weighted by atomic mass is 15.3. The zero-order valence-corrected chi connectivity index (χ0v) is 14.8. The molecule has 120 valence electrons. The smallest absolute Gasteiger partial charge is 0.148 e. The van der Waals surface area contributed by atoms with Gasteiger partial charge in [-0.05, 0) is 26.2 Å². The molecule has 0 saturated carbocycles. The second-order valence-electron chi connectivity index (χ2n) is 7.33. The number of aromatic nitrogens is 2. The number of nitrogen functional groups attached to an aromatic ring is 1. The molecule has 5 nitrogen and oxygen atoms in total. The van der Waals surface area contributed by atoms with Crippen LogP contribution in [0.3, 0.4) is 0 Å². The van der Waals surface area contributed by atoms with E-state index < -0.39 is 0 Å². The number of hydrazine groups is 1. The van der Waals surface area contributed by atoms with E-state index in [4.69, 9.17) is 10.8 Å². The second kappa shape index (κ2) is 6.60. The van der Waals surface area contributed by atoms with Crippen LogP contribution in [0.4, 0.5) is 11.6 Å². The third-order valence-corrected chi connectivity index (χ3v) is 3.74. The van der Waals surface area contributed by atoms with Crippen molar-refractivity contribution >= 4 is 11.6 Å². The SMILES string of the molecule is Cc1c(NN)nc(C(C)(C)C)nc1N(C)C(C)CC(C)C. The molecule has 1 unspecified atom stereocenters. The number of nitrogens with two attached hydrogens (primary N) is 1. The fourth-order valence-electron chi connectivity index (χ4n) is 2.37. The summed E-state index contributed by atoms with van der Waals surface area (Å²) in [5.74, 6) is 8.74. The van der Waals surface area contributed by atoms with Crippen molar-refractivity contribution in [3.63, 3.8) is 0 Å². The van der Waals surface area contributed by atoms with E-state index in [0.29, 0.717) is 17.8 Å². The molecular weight excluding hydrogens is 262 g/mol. The van der Waals surface area contributed by atoms with Gasteiger partial charge in [0.1, 0.15) is 17.5 Å². The Bertz CT molecular complexity index is 476. The quantitative estimate of drug-likeness (QED) is 0.644. The Morgan fingerprint density at radius 2 is 1.76 bits per heavy atom. The van der Waals surface area contributed by atoms with Gasteiger partial charge in [0.05, 0.1) is 0 Å². The van der Waals surface area contributed by atoms with Crippen LogP contribution in [0.15, 0.2) is 0 Å². The Morgan fingerprint density at radius 3 is 2.19 bits per heavy atom. The maximum atomic E-state index is 5.63. The van der Waals surface area contributed by atoms with Crippen molar-refractivity contribution in [2.75, 3.05) is 17.4 Å². The molecule has 3 N–H and O–H groups in total. The standard InChI is InChI=1S/C16H31N5/c1-10(2)9-11(3)21(8)14-12(4)13(20-17)18-15(19-14)16(5,6)7/h10-11H,9,17H2,1-8H3,(H,18,19,20). The minimum atomic E-state index is -0.115. The van der Waals surface area contributed by atoms with E-state index in [0.717, 1.165) is 23.6 Å². The zero-order valence-electron chi connectivity index (χ0n) is 14.8. The van der Waals surface area contributed by atoms with Crippen LogP contribution >= 0.6 is 0 Å². The van der Waals surface area contributed by atoms with E-state index in [1.54, 1.807) is 0 Å². The molecule has 0 saturated heterocycles. The van der Waals surface area contributed by atoms with Crippen molar-refractivity contribution in [3.05, 3.63) is 11.4 Å². The topological polar surface area (TPSA) is 67.1 Å². The summed E-state index contributed by atoms with van der Waals surface area (Å²) in [4.78, 5) is 11.6. The van der Waals surface area contributed by atoms with Crippen molar-refractivity contribution in [2.45, 2.75) is 66.3 Å². The Morgan fingerprint density at radius 1 is 1.19 bits per heavy atom. The van der Waals surface area contributed by atoms with E-state index in [1.807, 2.05) is 6.92 Å². The summed E-state index contributed by atoms with van der Waals surface area (Å²) in [5, 5.41) is 0. The van der Waals surface area contributed by atoms with Gasteiger partial charge in [-0.15, -0.1) is 0 Å². The predicted octanol–water partition coefficient (Wildman–Crippen LogP) is 3.24. The average molecular weight is 293 g/mol. The highest BCUT2D eigenvalue weighted by Crippen LogP contribution is 2.29. The van der Waals surface area contributed by atoms with Gasteiger partial charge in [-0.2, -0.15) is 0 Å². The van der Waals surface area contributed by atoms with E-state index in [-0.39, 0.29) is 5.41 Å². The summed E-state index contributed by atoms with van der Waals surface area (Å²) in [6.45, 7) is 15.1. The van der Waals surface area contributed by atoms with E-state index >= 15 is 0 Å². The van der Waals surface area contributed by atoms with Crippen molar-refractivity contribution in [1.82, 2.24) is 9.97 Å². The fourth-order valence-corrected chi connectivity index (χ4v) is 2.37. The lowest BCUT2D eigenvalue weighted by Gasteiger charge is -2.30. The molecule has 0 fully saturated rings. The molecule has 1 aromatic rings. The zero-order chi connectivity index (χ0) is 16.4. The molecule has 0 aromatic carbocycles. The van der Waals surface area contributed by atoms with Crippen LogP contribution in [-0.4, -0.2) is 23.1 Å². The molecule has 5 heteroatoms. The van der Waals surface area contributed by atoms with Gasteiger partial charge in [-0.25, -0.2) is 15.8 Å². The van der Waals surface area contributed by atoms with Crippen LogP contribution in [0, 0.1) is 12.8 Å². The number of nitrogens with zero attached hydrogens (tertiary/aromatic N) is 3. The van der Waals surface area contributed by atoms with E-state index in [9.17, 15) is 0 Å². The van der Waals surface area contributed by atoms with E-state index in [2.05, 4.69) is 63.9 Å². The van der Waals surface area contributed by atoms with Crippen molar-refractivity contribution < 1.29 is 0 Å². The van der Waals surface area contributed by atoms with Crippen LogP contribution in [0.25, 0.3) is 0 Å². The molecule has 21 heavy (non-hydrogen) atoms. The van der Waals surface area contributed by atoms with Crippen molar-refractivity contribution in [2.24, 2.45) is 11.8 Å². The minimum absolute atomic E-state index is 0.115. The summed E-state index contributed by atoms with van der Waals surface area (Å²) >= 11 is 0. The number of nitrogens with one attached hydrogen (secondary N) is 1. The summed E-state index contributed by atoms with van der Waals surface area (Å²) < 4.78 is 0. The molecule has 0 bridgehead atoms. The van der Waals surface area contributed by atoms with Gasteiger partial charge in [0.15, 0.2) is 0 Å². The fraction of sp³-hybridized carbons (Fsp3) is 0.750. The third kappa shape index (κ3) is 4.30. The first-order valence-electron chi connectivity index (χ1n) is 7.66. The summed E-state index contributed by atoms with van der Waals surface area (Å²) in [6.07, 6.45) is 1.12. The summed E-state index contributed by atoms with van der Waals surface area (Å²) in [7, 11) is 2.09. The first-order valence-corrected chi connectivity index (χ1v) is 7.66. The lowest BCUT2D eigenvalue weighted by Crippen LogP contribution is -2.33. The van der Waals surface area contributed by atoms with Gasteiger partial charge in [0.2, 0.25) is 0 Å². The normalized spacial score (nSPS) is 13.4. The monoisotopic (exact) mass is 293 g/mol. The molecule has 0 spiro atoms. The van der Waals surface area contributed by atoms with Gasteiger partial charge >= 0.3 is 0 Å². The van der Waals surface area contributed by atoms with Gasteiger partial charge < -0.3 is 10.3 Å². The predicted molar refractivity (Wildman–Crippen MR) is 90.6 cm³/mol. The molecule has 0 aliphatic carbocycles. The summed E-state index contributed by atoms with van der Waals surface area (Å²) in [5.41, 5.74) is 3.58. The maximum absolute atomic E-state index is 5.63. The average Bonchev–Trinajstić information content (AvgIpc) is 2.36. The number of hydrogen-bond acceptors (Lipinski definition) is 5. The van der Waals surface area contributed by atoms with Crippen LogP contribution in [-0.2, 0) is 5.41 Å². The van der Waals surface area contributed by atoms with E-state index in [1.165, 1.54) is 0 Å². The third-order valence-electron chi connectivity index (χ3n) is 3.74. The van der Waals surface area contributed by atoms with Crippen molar-refractivity contribution in [1.29, 1.82) is 0 Å². The van der Waals surface area contributed by atoms with Crippen LogP contribution < -0.4 is 16.2 Å². The highest BCUT2D eigenvalue weighted by Gasteiger charge is 2.24. The molecule has 0 aliphatic heterocycles. The first kappa shape index (κ1) is 17.7. The molecule has 1 heterocycles. The van der Waals surface area contributed by atoms with Gasteiger partial charge in [0, 0.05) is 24.1 Å². The second-order valence-corrected chi connectivity index (χ2v) is 7.33. The molecule has 1 atom stereocenters. The van der Waals surface area contributed by atoms with Crippen LogP contribution in [0.5, 0.6) is 0 Å². The minimum Gasteiger partial charge on any atom is -0.357 e. The summed E-state index contributed by atoms with van der Waals surface area (Å²) in [6, 6.07) is 0.414. The molecular formula is C16H31N5. The molecule has 0 aliphatic rings. The molecule has 1 rings (SSSR count). The molecule has 1 aromatic heterocycles. The van der Waals surface area contributed by atoms with Crippen LogP contribution in [0.2, 0.25) is 0 Å². The Balaban J connectivity index is 3.27. The van der Waals surface area contributed by atoms with Crippen molar-refractivity contribution in [3.8, 4) is 0 Å². The molecule has 0 amide bonds. The molecule has 0 radical (unpaired) electrons. The highest BCUT2D eigenvalue weighted by molar-refractivity contribution is 5.58. The number of rotatable bonds is 5. The lowest BCUT2D eigenvalue weighted by molar-refractivity contribution is 0.497. The van der Waals surface area contributed by atoms with Gasteiger partial charge in [-0.1, -0.05) is 34.6 Å². The van der Waals surface area contributed by atoms with Gasteiger partial charge in [-0.3, -0.25) is 0 Å². The van der Waals surface area contributed by atoms with Crippen LogP contribution in [0.1, 0.15) is 59.4 Å². The Hall–Kier alpha value is -1.36. The largest absolute Gasteiger partial charge is 0.357 e. The first-order chi connectivity index (χ1) is 9.57. The Labute approximate surface area is 129 Å². The maximum Gasteiger partial charge on any atom is 0.148 e. The number of hydrogen-bond donors (Lipinski definition) is 2. The number of anilines is 2. The lowest BCUT2D eigenvalue weighted by atomic mass is 9.95. The van der Waals surface area contributed by atoms with Gasteiger partial charge in [0.25, 0.3) is 0 Å². The Kier molecular flexibility index (Phi) is 5.56.